The Morgan fingerprint density at radius 2 is 2.04 bits per heavy atom. The molecule has 0 aliphatic carbocycles. The minimum absolute atomic E-state index is 0.0802. The molecule has 3 N–H and O–H groups in total. The van der Waals surface area contributed by atoms with Gasteiger partial charge in [-0.3, -0.25) is 9.59 Å². The zero-order chi connectivity index (χ0) is 19.9. The number of anilines is 1. The van der Waals surface area contributed by atoms with Crippen LogP contribution in [0.5, 0.6) is 0 Å². The summed E-state index contributed by atoms with van der Waals surface area (Å²) in [4.78, 5) is 26.6. The smallest absolute Gasteiger partial charge is 0.287 e. The van der Waals surface area contributed by atoms with Gasteiger partial charge in [-0.25, -0.2) is 0 Å². The third-order valence-electron chi connectivity index (χ3n) is 5.09. The molecule has 5 nitrogen and oxygen atoms in total. The van der Waals surface area contributed by atoms with E-state index in [-0.39, 0.29) is 17.9 Å². The Bertz CT molecular complexity index is 826. The molecule has 3 rings (SSSR count). The van der Waals surface area contributed by atoms with Crippen molar-refractivity contribution in [2.24, 2.45) is 0 Å². The summed E-state index contributed by atoms with van der Waals surface area (Å²) in [6.45, 7) is 4.31. The van der Waals surface area contributed by atoms with E-state index in [1.165, 1.54) is 0 Å². The van der Waals surface area contributed by atoms with Gasteiger partial charge in [-0.1, -0.05) is 48.0 Å². The maximum absolute atomic E-state index is 13.0. The second-order valence-corrected chi connectivity index (χ2v) is 7.61. The van der Waals surface area contributed by atoms with E-state index >= 15 is 0 Å². The van der Waals surface area contributed by atoms with Crippen molar-refractivity contribution in [2.75, 3.05) is 25.0 Å². The van der Waals surface area contributed by atoms with Crippen LogP contribution < -0.4 is 10.6 Å². The molecule has 2 aromatic carbocycles. The maximum atomic E-state index is 13.0. The Kier molecular flexibility index (Phi) is 7.06. The van der Waals surface area contributed by atoms with Crippen LogP contribution in [0, 0.1) is 6.92 Å². The molecule has 1 fully saturated rings. The van der Waals surface area contributed by atoms with Gasteiger partial charge in [0, 0.05) is 42.2 Å². The first-order valence-corrected chi connectivity index (χ1v) is 10.2. The van der Waals surface area contributed by atoms with Crippen LogP contribution in [-0.2, 0) is 9.59 Å². The normalized spacial score (nSPS) is 14.9. The van der Waals surface area contributed by atoms with Crippen LogP contribution in [0.1, 0.15) is 36.4 Å². The average Bonchev–Trinajstić information content (AvgIpc) is 3.10. The Morgan fingerprint density at radius 1 is 1.25 bits per heavy atom. The molecule has 0 unspecified atom stereocenters. The Balaban J connectivity index is 1.62. The van der Waals surface area contributed by atoms with E-state index in [9.17, 15) is 9.59 Å². The van der Waals surface area contributed by atoms with Gasteiger partial charge in [-0.2, -0.15) is 0 Å². The summed E-state index contributed by atoms with van der Waals surface area (Å²) >= 11 is 6.18. The van der Waals surface area contributed by atoms with Crippen molar-refractivity contribution in [1.29, 1.82) is 0 Å². The van der Waals surface area contributed by atoms with Crippen LogP contribution in [0.15, 0.2) is 48.5 Å². The Morgan fingerprint density at radius 3 is 2.71 bits per heavy atom. The average molecular weight is 401 g/mol. The highest BCUT2D eigenvalue weighted by Gasteiger charge is 2.25. The lowest BCUT2D eigenvalue weighted by atomic mass is 10.1. The zero-order valence-corrected chi connectivity index (χ0v) is 16.9. The molecule has 1 heterocycles. The summed E-state index contributed by atoms with van der Waals surface area (Å²) in [6, 6.07) is 14.9. The molecule has 0 saturated carbocycles. The van der Waals surface area contributed by atoms with Gasteiger partial charge in [-0.15, -0.1) is 0 Å². The van der Waals surface area contributed by atoms with Gasteiger partial charge in [0.1, 0.15) is 0 Å². The van der Waals surface area contributed by atoms with E-state index in [0.29, 0.717) is 17.1 Å². The second-order valence-electron chi connectivity index (χ2n) is 7.20. The molecule has 28 heavy (non-hydrogen) atoms. The molecule has 0 bridgehead atoms. The lowest BCUT2D eigenvalue weighted by Gasteiger charge is -2.18. The molecular weight excluding hydrogens is 374 g/mol. The van der Waals surface area contributed by atoms with Crippen LogP contribution in [0.25, 0.3) is 0 Å². The predicted molar refractivity (Wildman–Crippen MR) is 111 cm³/mol. The van der Waals surface area contributed by atoms with Gasteiger partial charge in [0.05, 0.1) is 6.54 Å². The van der Waals surface area contributed by atoms with Crippen molar-refractivity contribution in [1.82, 2.24) is 4.90 Å². The van der Waals surface area contributed by atoms with Gasteiger partial charge >= 0.3 is 0 Å². The van der Waals surface area contributed by atoms with Crippen molar-refractivity contribution in [2.45, 2.75) is 32.2 Å². The van der Waals surface area contributed by atoms with Crippen LogP contribution in [0.3, 0.4) is 0 Å². The Hall–Kier alpha value is -2.37. The molecule has 1 atom stereocenters. The van der Waals surface area contributed by atoms with E-state index in [2.05, 4.69) is 5.32 Å². The summed E-state index contributed by atoms with van der Waals surface area (Å²) in [5.74, 6) is 0.164. The summed E-state index contributed by atoms with van der Waals surface area (Å²) in [5, 5.41) is 5.65. The first kappa shape index (κ1) is 20.4. The lowest BCUT2D eigenvalue weighted by Crippen LogP contribution is -2.87. The molecule has 148 valence electrons. The highest BCUT2D eigenvalue weighted by atomic mass is 35.5. The maximum Gasteiger partial charge on any atom is 0.287 e. The largest absolute Gasteiger partial charge is 0.342 e. The third kappa shape index (κ3) is 5.33. The van der Waals surface area contributed by atoms with Gasteiger partial charge in [-0.05, 0) is 31.0 Å². The molecule has 6 heteroatoms. The van der Waals surface area contributed by atoms with Crippen molar-refractivity contribution < 1.29 is 14.9 Å². The number of nitrogens with zero attached hydrogens (tertiary/aromatic N) is 1. The number of aryl methyl sites for hydroxylation is 1. The molecule has 0 spiro atoms. The summed E-state index contributed by atoms with van der Waals surface area (Å²) in [5.41, 5.74) is 2.62. The van der Waals surface area contributed by atoms with Crippen LogP contribution in [0.2, 0.25) is 5.02 Å². The van der Waals surface area contributed by atoms with Crippen LogP contribution in [-0.4, -0.2) is 36.3 Å². The summed E-state index contributed by atoms with van der Waals surface area (Å²) < 4.78 is 0. The molecule has 2 aromatic rings. The SMILES string of the molecule is Cc1ccc(NC(=O)[C@@H]([NH2+]CCCN2CCCC2=O)c2ccccc2)cc1Cl. The van der Waals surface area contributed by atoms with E-state index < -0.39 is 0 Å². The molecule has 0 radical (unpaired) electrons. The van der Waals surface area contributed by atoms with Crippen molar-refractivity contribution >= 4 is 29.1 Å². The van der Waals surface area contributed by atoms with Crippen LogP contribution >= 0.6 is 11.6 Å². The number of nitrogens with one attached hydrogen (secondary N) is 1. The quantitative estimate of drug-likeness (QED) is 0.669. The van der Waals surface area contributed by atoms with Gasteiger partial charge in [0.15, 0.2) is 6.04 Å². The van der Waals surface area contributed by atoms with Gasteiger partial charge in [0.2, 0.25) is 5.91 Å². The van der Waals surface area contributed by atoms with Gasteiger partial charge in [0.25, 0.3) is 5.91 Å². The first-order valence-electron chi connectivity index (χ1n) is 9.77. The molecular formula is C22H27ClN3O2+. The molecule has 0 aromatic heterocycles. The number of quaternary nitrogens is 1. The molecule has 1 saturated heterocycles. The number of rotatable bonds is 8. The van der Waals surface area contributed by atoms with Crippen LogP contribution in [0.4, 0.5) is 5.69 Å². The Labute approximate surface area is 171 Å². The third-order valence-corrected chi connectivity index (χ3v) is 5.49. The fourth-order valence-electron chi connectivity index (χ4n) is 3.45. The van der Waals surface area contributed by atoms with E-state index in [0.717, 1.165) is 43.6 Å². The first-order chi connectivity index (χ1) is 13.5. The number of carbonyl (C=O) groups excluding carboxylic acids is 2. The topological polar surface area (TPSA) is 66.0 Å². The number of benzene rings is 2. The number of likely N-dealkylation sites (tertiary alicyclic amines) is 1. The lowest BCUT2D eigenvalue weighted by molar-refractivity contribution is -0.682. The minimum atomic E-state index is -0.351. The van der Waals surface area contributed by atoms with Crippen molar-refractivity contribution in [3.63, 3.8) is 0 Å². The fraction of sp³-hybridized carbons (Fsp3) is 0.364. The highest BCUT2D eigenvalue weighted by molar-refractivity contribution is 6.31. The fourth-order valence-corrected chi connectivity index (χ4v) is 3.63. The van der Waals surface area contributed by atoms with Crippen molar-refractivity contribution in [3.8, 4) is 0 Å². The second kappa shape index (κ2) is 9.71. The number of hydrogen-bond acceptors (Lipinski definition) is 2. The summed E-state index contributed by atoms with van der Waals surface area (Å²) in [6.07, 6.45) is 2.48. The van der Waals surface area contributed by atoms with E-state index in [4.69, 9.17) is 11.6 Å². The number of amides is 2. The zero-order valence-electron chi connectivity index (χ0n) is 16.2. The van der Waals surface area contributed by atoms with E-state index in [1.54, 1.807) is 6.07 Å². The number of carbonyl (C=O) groups is 2. The van der Waals surface area contributed by atoms with Gasteiger partial charge < -0.3 is 15.5 Å². The molecule has 2 amide bonds. The highest BCUT2D eigenvalue weighted by Crippen LogP contribution is 2.21. The predicted octanol–water partition coefficient (Wildman–Crippen LogP) is 2.90. The molecule has 1 aliphatic rings. The number of hydrogen-bond donors (Lipinski definition) is 2. The standard InChI is InChI=1S/C22H26ClN3O2/c1-16-10-11-18(15-19(16)23)25-22(28)21(17-7-3-2-4-8-17)24-12-6-14-26-13-5-9-20(26)27/h2-4,7-8,10-11,15,21,24H,5-6,9,12-14H2,1H3,(H,25,28)/p+1/t21-/m0/s1. The number of nitrogens with two attached hydrogens (primary N) is 1. The monoisotopic (exact) mass is 400 g/mol. The summed E-state index contributed by atoms with van der Waals surface area (Å²) in [7, 11) is 0. The minimum Gasteiger partial charge on any atom is -0.342 e. The van der Waals surface area contributed by atoms with Crippen molar-refractivity contribution in [3.05, 3.63) is 64.7 Å². The molecule has 1 aliphatic heterocycles. The number of halogens is 1. The van der Waals surface area contributed by atoms with E-state index in [1.807, 2.05) is 59.6 Å².